The molecule has 0 bridgehead atoms. The number of carbonyl (C=O) groups excluding carboxylic acids is 2. The van der Waals surface area contributed by atoms with Crippen molar-refractivity contribution in [3.63, 3.8) is 0 Å². The van der Waals surface area contributed by atoms with Gasteiger partial charge in [0.2, 0.25) is 0 Å². The third-order valence-electron chi connectivity index (χ3n) is 6.63. The molecule has 1 atom stereocenters. The SMILES string of the molecule is O=C(N[C@@H](CNc1ncnc2ccccc12)C(=O)O)c1c(Cl)cc2c(c1Cl)CCN(C(=O)c1ccc(Cl)cc1)C2. The number of nitrogens with zero attached hydrogens (tertiary/aromatic N) is 3. The number of aliphatic carboxylic acids is 1. The van der Waals surface area contributed by atoms with Crippen LogP contribution in [0.5, 0.6) is 0 Å². The van der Waals surface area contributed by atoms with Crippen LogP contribution in [-0.4, -0.2) is 56.9 Å². The molecule has 4 aromatic rings. The zero-order chi connectivity index (χ0) is 28.4. The highest BCUT2D eigenvalue weighted by Crippen LogP contribution is 2.35. The highest BCUT2D eigenvalue weighted by Gasteiger charge is 2.29. The molecule has 0 fully saturated rings. The third-order valence-corrected chi connectivity index (χ3v) is 7.60. The second-order valence-corrected chi connectivity index (χ2v) is 10.4. The Balaban J connectivity index is 1.32. The summed E-state index contributed by atoms with van der Waals surface area (Å²) in [5.74, 6) is -1.70. The van der Waals surface area contributed by atoms with Crippen molar-refractivity contribution in [1.82, 2.24) is 20.2 Å². The lowest BCUT2D eigenvalue weighted by molar-refractivity contribution is -0.138. The number of halogens is 3. The van der Waals surface area contributed by atoms with E-state index in [1.807, 2.05) is 24.3 Å². The molecule has 0 unspecified atom stereocenters. The molecule has 5 rings (SSSR count). The minimum atomic E-state index is -1.31. The number of para-hydroxylation sites is 1. The van der Waals surface area contributed by atoms with Crippen molar-refractivity contribution in [2.24, 2.45) is 0 Å². The van der Waals surface area contributed by atoms with Crippen molar-refractivity contribution >= 4 is 69.3 Å². The van der Waals surface area contributed by atoms with Gasteiger partial charge >= 0.3 is 5.97 Å². The van der Waals surface area contributed by atoms with Crippen molar-refractivity contribution < 1.29 is 19.5 Å². The Kier molecular flexibility index (Phi) is 8.07. The summed E-state index contributed by atoms with van der Waals surface area (Å²) >= 11 is 19.1. The van der Waals surface area contributed by atoms with Gasteiger partial charge in [-0.15, -0.1) is 0 Å². The van der Waals surface area contributed by atoms with Gasteiger partial charge in [-0.25, -0.2) is 14.8 Å². The molecular weight excluding hydrogens is 577 g/mol. The highest BCUT2D eigenvalue weighted by molar-refractivity contribution is 6.40. The van der Waals surface area contributed by atoms with Crippen molar-refractivity contribution in [2.45, 2.75) is 19.0 Å². The maximum Gasteiger partial charge on any atom is 0.328 e. The zero-order valence-electron chi connectivity index (χ0n) is 20.8. The second-order valence-electron chi connectivity index (χ2n) is 9.15. The van der Waals surface area contributed by atoms with Gasteiger partial charge in [0.05, 0.1) is 21.1 Å². The predicted molar refractivity (Wildman–Crippen MR) is 153 cm³/mol. The number of carboxylic acid groups (broad SMARTS) is 1. The largest absolute Gasteiger partial charge is 0.480 e. The molecule has 1 aliphatic heterocycles. The summed E-state index contributed by atoms with van der Waals surface area (Å²) in [7, 11) is 0. The summed E-state index contributed by atoms with van der Waals surface area (Å²) in [6.45, 7) is 0.488. The van der Waals surface area contributed by atoms with Crippen LogP contribution in [0.15, 0.2) is 60.9 Å². The Morgan fingerprint density at radius 3 is 2.52 bits per heavy atom. The monoisotopic (exact) mass is 597 g/mol. The highest BCUT2D eigenvalue weighted by atomic mass is 35.5. The van der Waals surface area contributed by atoms with Crippen LogP contribution in [0.1, 0.15) is 31.8 Å². The average Bonchev–Trinajstić information content (AvgIpc) is 2.94. The zero-order valence-corrected chi connectivity index (χ0v) is 23.1. The fraction of sp³-hybridized carbons (Fsp3) is 0.179. The quantitative estimate of drug-likeness (QED) is 0.271. The summed E-state index contributed by atoms with van der Waals surface area (Å²) in [6.07, 6.45) is 1.77. The van der Waals surface area contributed by atoms with Crippen LogP contribution in [0.2, 0.25) is 15.1 Å². The molecule has 0 saturated heterocycles. The van der Waals surface area contributed by atoms with E-state index in [0.717, 1.165) is 0 Å². The number of amides is 2. The van der Waals surface area contributed by atoms with Gasteiger partial charge in [-0.05, 0) is 60.0 Å². The smallest absolute Gasteiger partial charge is 0.328 e. The van der Waals surface area contributed by atoms with Gasteiger partial charge in [-0.3, -0.25) is 9.59 Å². The molecular formula is C28H22Cl3N5O4. The Labute approximate surface area is 244 Å². The molecule has 0 aliphatic carbocycles. The van der Waals surface area contributed by atoms with Gasteiger partial charge in [-0.1, -0.05) is 46.9 Å². The van der Waals surface area contributed by atoms with E-state index < -0.39 is 17.9 Å². The van der Waals surface area contributed by atoms with Gasteiger partial charge in [0.15, 0.2) is 0 Å². The lowest BCUT2D eigenvalue weighted by atomic mass is 9.96. The van der Waals surface area contributed by atoms with Crippen LogP contribution in [-0.2, 0) is 17.8 Å². The number of rotatable bonds is 7. The van der Waals surface area contributed by atoms with E-state index >= 15 is 0 Å². The number of aromatic nitrogens is 2. The first-order chi connectivity index (χ1) is 19.2. The van der Waals surface area contributed by atoms with Gasteiger partial charge in [-0.2, -0.15) is 0 Å². The Morgan fingerprint density at radius 1 is 1.02 bits per heavy atom. The number of benzene rings is 3. The fourth-order valence-corrected chi connectivity index (χ4v) is 5.47. The molecule has 0 radical (unpaired) electrons. The van der Waals surface area contributed by atoms with Gasteiger partial charge in [0, 0.05) is 35.6 Å². The van der Waals surface area contributed by atoms with Crippen LogP contribution in [0, 0.1) is 0 Å². The standard InChI is InChI=1S/C28H22Cl3N5O4/c29-17-7-5-15(6-8-17)27(38)36-10-9-18-16(13-36)11-20(30)23(24(18)31)26(37)35-22(28(39)40)12-32-25-19-3-1-2-4-21(19)33-14-34-25/h1-8,11,14,22H,9-10,12-13H2,(H,35,37)(H,39,40)(H,32,33,34)/t22-/m0/s1. The van der Waals surface area contributed by atoms with Gasteiger partial charge in [0.1, 0.15) is 18.2 Å². The fourth-order valence-electron chi connectivity index (χ4n) is 4.58. The van der Waals surface area contributed by atoms with Crippen molar-refractivity contribution in [2.75, 3.05) is 18.4 Å². The van der Waals surface area contributed by atoms with E-state index in [4.69, 9.17) is 34.8 Å². The minimum absolute atomic E-state index is 0.0155. The third kappa shape index (κ3) is 5.67. The lowest BCUT2D eigenvalue weighted by Gasteiger charge is -2.30. The molecule has 0 spiro atoms. The first-order valence-electron chi connectivity index (χ1n) is 12.2. The summed E-state index contributed by atoms with van der Waals surface area (Å²) < 4.78 is 0. The number of carbonyl (C=O) groups is 3. The number of carboxylic acids is 1. The molecule has 3 N–H and O–H groups in total. The predicted octanol–water partition coefficient (Wildman–Crippen LogP) is 5.08. The topological polar surface area (TPSA) is 125 Å². The Morgan fingerprint density at radius 2 is 1.77 bits per heavy atom. The molecule has 1 aromatic heterocycles. The molecule has 1 aliphatic rings. The van der Waals surface area contributed by atoms with Crippen molar-refractivity contribution in [3.05, 3.63) is 98.2 Å². The van der Waals surface area contributed by atoms with Crippen molar-refractivity contribution in [3.8, 4) is 0 Å². The average molecular weight is 599 g/mol. The summed E-state index contributed by atoms with van der Waals surface area (Å²) in [5.41, 5.74) is 2.58. The molecule has 0 saturated carbocycles. The molecule has 2 heterocycles. The Hall–Kier alpha value is -3.92. The summed E-state index contributed by atoms with van der Waals surface area (Å²) in [4.78, 5) is 48.2. The first-order valence-corrected chi connectivity index (χ1v) is 13.4. The lowest BCUT2D eigenvalue weighted by Crippen LogP contribution is -2.45. The molecule has 12 heteroatoms. The van der Waals surface area contributed by atoms with Crippen LogP contribution in [0.25, 0.3) is 10.9 Å². The normalized spacial score (nSPS) is 13.4. The van der Waals surface area contributed by atoms with E-state index in [1.165, 1.54) is 6.33 Å². The van der Waals surface area contributed by atoms with E-state index in [-0.39, 0.29) is 34.6 Å². The molecule has 40 heavy (non-hydrogen) atoms. The minimum Gasteiger partial charge on any atom is -0.480 e. The summed E-state index contributed by atoms with van der Waals surface area (Å²) in [6, 6.07) is 14.2. The number of hydrogen-bond donors (Lipinski definition) is 3. The van der Waals surface area contributed by atoms with E-state index in [0.29, 0.717) is 51.4 Å². The molecule has 2 amide bonds. The van der Waals surface area contributed by atoms with Crippen LogP contribution < -0.4 is 10.6 Å². The van der Waals surface area contributed by atoms with Crippen molar-refractivity contribution in [1.29, 1.82) is 0 Å². The van der Waals surface area contributed by atoms with Crippen LogP contribution >= 0.6 is 34.8 Å². The maximum atomic E-state index is 13.2. The molecule has 9 nitrogen and oxygen atoms in total. The van der Waals surface area contributed by atoms with Gasteiger partial charge in [0.25, 0.3) is 11.8 Å². The second kappa shape index (κ2) is 11.7. The first kappa shape index (κ1) is 27.6. The van der Waals surface area contributed by atoms with E-state index in [2.05, 4.69) is 20.6 Å². The van der Waals surface area contributed by atoms with E-state index in [9.17, 15) is 19.5 Å². The number of anilines is 1. The Bertz CT molecular complexity index is 1630. The van der Waals surface area contributed by atoms with Crippen LogP contribution in [0.4, 0.5) is 5.82 Å². The summed E-state index contributed by atoms with van der Waals surface area (Å²) in [5, 5.41) is 16.7. The molecule has 3 aromatic carbocycles. The molecule has 204 valence electrons. The van der Waals surface area contributed by atoms with Crippen LogP contribution in [0.3, 0.4) is 0 Å². The maximum absolute atomic E-state index is 13.2. The number of nitrogens with one attached hydrogen (secondary N) is 2. The van der Waals surface area contributed by atoms with Gasteiger partial charge < -0.3 is 20.6 Å². The van der Waals surface area contributed by atoms with E-state index in [1.54, 1.807) is 35.2 Å². The number of fused-ring (bicyclic) bond motifs is 2. The number of hydrogen-bond acceptors (Lipinski definition) is 6.